The van der Waals surface area contributed by atoms with E-state index < -0.39 is 5.97 Å². The smallest absolute Gasteiger partial charge is 0.330 e. The molecule has 110 valence electrons. The topological polar surface area (TPSA) is 73.2 Å². The molecule has 1 aromatic rings. The number of nitrogens with zero attached hydrogens (tertiary/aromatic N) is 2. The molecule has 1 heterocycles. The van der Waals surface area contributed by atoms with Crippen LogP contribution in [0.1, 0.15) is 23.4 Å². The number of ether oxygens (including phenoxy) is 1. The summed E-state index contributed by atoms with van der Waals surface area (Å²) in [7, 11) is 3.20. The normalized spacial score (nSPS) is 10.8. The van der Waals surface area contributed by atoms with Gasteiger partial charge >= 0.3 is 5.97 Å². The van der Waals surface area contributed by atoms with E-state index in [1.165, 1.54) is 13.2 Å². The standard InChI is InChI=1S/C14H21N3O3/c1-10-12(11(2)17(3)16-10)7-8-13(18)15-9-5-6-14(19)20-4/h5-6H,7-9H2,1-4H3,(H,15,18)/b6-5+. The first-order valence-electron chi connectivity index (χ1n) is 6.46. The van der Waals surface area contributed by atoms with Crippen molar-refractivity contribution in [2.45, 2.75) is 26.7 Å². The molecular weight excluding hydrogens is 258 g/mol. The second-order valence-electron chi connectivity index (χ2n) is 4.50. The number of amides is 1. The zero-order valence-electron chi connectivity index (χ0n) is 12.4. The van der Waals surface area contributed by atoms with Gasteiger partial charge < -0.3 is 10.1 Å². The van der Waals surface area contributed by atoms with E-state index in [4.69, 9.17) is 0 Å². The number of esters is 1. The molecule has 0 saturated carbocycles. The maximum atomic E-state index is 11.7. The van der Waals surface area contributed by atoms with Crippen molar-refractivity contribution in [1.29, 1.82) is 0 Å². The minimum absolute atomic E-state index is 0.0535. The van der Waals surface area contributed by atoms with E-state index in [1.54, 1.807) is 6.08 Å². The second-order valence-corrected chi connectivity index (χ2v) is 4.50. The molecule has 1 N–H and O–H groups in total. The van der Waals surface area contributed by atoms with Gasteiger partial charge in [-0.1, -0.05) is 6.08 Å². The summed E-state index contributed by atoms with van der Waals surface area (Å²) in [4.78, 5) is 22.5. The van der Waals surface area contributed by atoms with Crippen molar-refractivity contribution in [3.05, 3.63) is 29.1 Å². The van der Waals surface area contributed by atoms with Crippen molar-refractivity contribution >= 4 is 11.9 Å². The molecule has 0 atom stereocenters. The molecule has 0 spiro atoms. The summed E-state index contributed by atoms with van der Waals surface area (Å²) in [6.07, 6.45) is 3.91. The fourth-order valence-electron chi connectivity index (χ4n) is 1.90. The van der Waals surface area contributed by atoms with Crippen molar-refractivity contribution in [3.63, 3.8) is 0 Å². The van der Waals surface area contributed by atoms with Crippen molar-refractivity contribution in [1.82, 2.24) is 15.1 Å². The van der Waals surface area contributed by atoms with E-state index in [2.05, 4.69) is 15.2 Å². The van der Waals surface area contributed by atoms with Crippen molar-refractivity contribution < 1.29 is 14.3 Å². The molecule has 6 heteroatoms. The summed E-state index contributed by atoms with van der Waals surface area (Å²) in [5, 5.41) is 7.03. The van der Waals surface area contributed by atoms with Gasteiger partial charge in [0.25, 0.3) is 0 Å². The Hall–Kier alpha value is -2.11. The van der Waals surface area contributed by atoms with Crippen LogP contribution in [0.4, 0.5) is 0 Å². The molecule has 0 radical (unpaired) electrons. The highest BCUT2D eigenvalue weighted by Crippen LogP contribution is 2.13. The van der Waals surface area contributed by atoms with Crippen LogP contribution in [0.5, 0.6) is 0 Å². The van der Waals surface area contributed by atoms with Gasteiger partial charge in [-0.3, -0.25) is 9.48 Å². The predicted molar refractivity (Wildman–Crippen MR) is 75.2 cm³/mol. The molecule has 0 aliphatic rings. The molecular formula is C14H21N3O3. The zero-order chi connectivity index (χ0) is 15.1. The summed E-state index contributed by atoms with van der Waals surface area (Å²) in [6.45, 7) is 4.25. The van der Waals surface area contributed by atoms with Gasteiger partial charge in [-0.2, -0.15) is 5.10 Å². The molecule has 6 nitrogen and oxygen atoms in total. The van der Waals surface area contributed by atoms with Crippen LogP contribution in [0.2, 0.25) is 0 Å². The molecule has 1 amide bonds. The zero-order valence-corrected chi connectivity index (χ0v) is 12.4. The van der Waals surface area contributed by atoms with Crippen LogP contribution in [-0.4, -0.2) is 35.3 Å². The van der Waals surface area contributed by atoms with Crippen LogP contribution < -0.4 is 5.32 Å². The van der Waals surface area contributed by atoms with Crippen molar-refractivity contribution in [3.8, 4) is 0 Å². The highest BCUT2D eigenvalue weighted by Gasteiger charge is 2.10. The lowest BCUT2D eigenvalue weighted by molar-refractivity contribution is -0.134. The van der Waals surface area contributed by atoms with E-state index in [9.17, 15) is 9.59 Å². The Kier molecular flexibility index (Phi) is 5.96. The third-order valence-electron chi connectivity index (χ3n) is 3.13. The van der Waals surface area contributed by atoms with Gasteiger partial charge in [0.15, 0.2) is 0 Å². The van der Waals surface area contributed by atoms with Gasteiger partial charge in [0.2, 0.25) is 5.91 Å². The summed E-state index contributed by atoms with van der Waals surface area (Å²) in [5.41, 5.74) is 3.16. The lowest BCUT2D eigenvalue weighted by Crippen LogP contribution is -2.23. The van der Waals surface area contributed by atoms with Gasteiger partial charge in [-0.05, 0) is 25.8 Å². The maximum Gasteiger partial charge on any atom is 0.330 e. The number of methoxy groups -OCH3 is 1. The number of aryl methyl sites for hydroxylation is 2. The van der Waals surface area contributed by atoms with Crippen molar-refractivity contribution in [2.75, 3.05) is 13.7 Å². The number of aromatic nitrogens is 2. The average molecular weight is 279 g/mol. The van der Waals surface area contributed by atoms with Crippen LogP contribution in [0.3, 0.4) is 0 Å². The van der Waals surface area contributed by atoms with Crippen LogP contribution in [-0.2, 0) is 27.8 Å². The number of hydrogen-bond acceptors (Lipinski definition) is 4. The Morgan fingerprint density at radius 1 is 1.40 bits per heavy atom. The lowest BCUT2D eigenvalue weighted by atomic mass is 10.1. The molecule has 0 aromatic carbocycles. The maximum absolute atomic E-state index is 11.7. The number of carbonyl (C=O) groups excluding carboxylic acids is 2. The van der Waals surface area contributed by atoms with Crippen LogP contribution in [0.15, 0.2) is 12.2 Å². The molecule has 1 rings (SSSR count). The molecule has 0 aliphatic heterocycles. The summed E-state index contributed by atoms with van der Waals surface area (Å²) >= 11 is 0. The molecule has 0 bridgehead atoms. The molecule has 0 saturated heterocycles. The van der Waals surface area contributed by atoms with Gasteiger partial charge in [0, 0.05) is 31.8 Å². The molecule has 0 fully saturated rings. The number of nitrogens with one attached hydrogen (secondary N) is 1. The minimum atomic E-state index is -0.430. The quantitative estimate of drug-likeness (QED) is 0.618. The Balaban J connectivity index is 2.37. The summed E-state index contributed by atoms with van der Waals surface area (Å²) in [6, 6.07) is 0. The van der Waals surface area contributed by atoms with E-state index in [1.807, 2.05) is 25.6 Å². The van der Waals surface area contributed by atoms with E-state index in [0.29, 0.717) is 19.4 Å². The van der Waals surface area contributed by atoms with Gasteiger partial charge in [0.05, 0.1) is 12.8 Å². The van der Waals surface area contributed by atoms with Crippen LogP contribution in [0, 0.1) is 13.8 Å². The largest absolute Gasteiger partial charge is 0.466 e. The minimum Gasteiger partial charge on any atom is -0.466 e. The van der Waals surface area contributed by atoms with Crippen LogP contribution in [0.25, 0.3) is 0 Å². The van der Waals surface area contributed by atoms with Crippen LogP contribution >= 0.6 is 0 Å². The van der Waals surface area contributed by atoms with Gasteiger partial charge in [0.1, 0.15) is 0 Å². The second kappa shape index (κ2) is 7.47. The Morgan fingerprint density at radius 3 is 2.65 bits per heavy atom. The molecule has 1 aromatic heterocycles. The highest BCUT2D eigenvalue weighted by atomic mass is 16.5. The lowest BCUT2D eigenvalue weighted by Gasteiger charge is -2.03. The first-order chi connectivity index (χ1) is 9.45. The fourth-order valence-corrected chi connectivity index (χ4v) is 1.90. The van der Waals surface area contributed by atoms with E-state index in [-0.39, 0.29) is 5.91 Å². The third kappa shape index (κ3) is 4.53. The van der Waals surface area contributed by atoms with E-state index >= 15 is 0 Å². The Labute approximate surface area is 118 Å². The predicted octanol–water partition coefficient (Wildman–Crippen LogP) is 0.815. The molecule has 0 unspecified atom stereocenters. The molecule has 0 aliphatic carbocycles. The third-order valence-corrected chi connectivity index (χ3v) is 3.13. The SMILES string of the molecule is COC(=O)/C=C/CNC(=O)CCc1c(C)nn(C)c1C. The summed E-state index contributed by atoms with van der Waals surface area (Å²) in [5.74, 6) is -0.483. The number of rotatable bonds is 6. The number of hydrogen-bond donors (Lipinski definition) is 1. The summed E-state index contributed by atoms with van der Waals surface area (Å²) < 4.78 is 6.26. The van der Waals surface area contributed by atoms with Gasteiger partial charge in [-0.25, -0.2) is 4.79 Å². The fraction of sp³-hybridized carbons (Fsp3) is 0.500. The first kappa shape index (κ1) is 15.9. The average Bonchev–Trinajstić information content (AvgIpc) is 2.66. The first-order valence-corrected chi connectivity index (χ1v) is 6.46. The Bertz CT molecular complexity index is 518. The monoisotopic (exact) mass is 279 g/mol. The number of carbonyl (C=O) groups is 2. The molecule has 20 heavy (non-hydrogen) atoms. The van der Waals surface area contributed by atoms with Crippen molar-refractivity contribution in [2.24, 2.45) is 7.05 Å². The van der Waals surface area contributed by atoms with E-state index in [0.717, 1.165) is 17.0 Å². The highest BCUT2D eigenvalue weighted by molar-refractivity contribution is 5.82. The Morgan fingerprint density at radius 2 is 2.10 bits per heavy atom. The van der Waals surface area contributed by atoms with Gasteiger partial charge in [-0.15, -0.1) is 0 Å².